The lowest BCUT2D eigenvalue weighted by Gasteiger charge is -2.35. The van der Waals surface area contributed by atoms with Gasteiger partial charge in [-0.2, -0.15) is 4.98 Å². The van der Waals surface area contributed by atoms with Crippen LogP contribution in [0, 0.1) is 6.92 Å². The highest BCUT2D eigenvalue weighted by Gasteiger charge is 2.24. The first kappa shape index (κ1) is 19.2. The molecule has 0 aliphatic carbocycles. The standard InChI is InChI=1S/C21H26N6O2/c1-4-8-27-17-18(24(3)21(29)23-19(17)28)22-20(27)26-11-9-25(10-12-26)14-16-7-5-6-15(2)13-16/h4-7,13H,1,8-12,14H2,2-3H3,(H,23,28,29). The Labute approximate surface area is 168 Å². The lowest BCUT2D eigenvalue weighted by atomic mass is 10.1. The molecule has 0 radical (unpaired) electrons. The van der Waals surface area contributed by atoms with Crippen molar-refractivity contribution >= 4 is 17.1 Å². The van der Waals surface area contributed by atoms with Gasteiger partial charge in [-0.3, -0.25) is 19.2 Å². The lowest BCUT2D eigenvalue weighted by Crippen LogP contribution is -2.46. The first-order chi connectivity index (χ1) is 14.0. The maximum absolute atomic E-state index is 12.4. The molecule has 152 valence electrons. The van der Waals surface area contributed by atoms with Crippen molar-refractivity contribution in [2.24, 2.45) is 7.05 Å². The van der Waals surface area contributed by atoms with E-state index in [2.05, 4.69) is 57.5 Å². The molecule has 1 aromatic carbocycles. The molecule has 1 N–H and O–H groups in total. The van der Waals surface area contributed by atoms with Crippen LogP contribution in [-0.4, -0.2) is 50.2 Å². The summed E-state index contributed by atoms with van der Waals surface area (Å²) >= 11 is 0. The fourth-order valence-electron chi connectivity index (χ4n) is 3.94. The molecule has 0 spiro atoms. The van der Waals surface area contributed by atoms with Crippen LogP contribution in [0.3, 0.4) is 0 Å². The number of hydrogen-bond donors (Lipinski definition) is 1. The van der Waals surface area contributed by atoms with E-state index in [9.17, 15) is 9.59 Å². The van der Waals surface area contributed by atoms with Crippen molar-refractivity contribution in [3.63, 3.8) is 0 Å². The molecular weight excluding hydrogens is 368 g/mol. The molecule has 1 fully saturated rings. The predicted molar refractivity (Wildman–Crippen MR) is 114 cm³/mol. The number of fused-ring (bicyclic) bond motifs is 1. The number of allylic oxidation sites excluding steroid dienone is 1. The van der Waals surface area contributed by atoms with Crippen LogP contribution in [0.1, 0.15) is 11.1 Å². The molecule has 1 aliphatic heterocycles. The average molecular weight is 394 g/mol. The second-order valence-electron chi connectivity index (χ2n) is 7.55. The van der Waals surface area contributed by atoms with Crippen molar-refractivity contribution in [1.29, 1.82) is 0 Å². The number of aryl methyl sites for hydroxylation is 2. The van der Waals surface area contributed by atoms with Gasteiger partial charge in [0, 0.05) is 46.3 Å². The molecule has 8 heteroatoms. The predicted octanol–water partition coefficient (Wildman–Crippen LogP) is 1.24. The third-order valence-electron chi connectivity index (χ3n) is 5.44. The van der Waals surface area contributed by atoms with E-state index in [4.69, 9.17) is 0 Å². The van der Waals surface area contributed by atoms with Gasteiger partial charge in [-0.1, -0.05) is 35.9 Å². The SMILES string of the molecule is C=CCn1c(N2CCN(Cc3cccc(C)c3)CC2)nc2c1c(=O)[nH]c(=O)n2C. The van der Waals surface area contributed by atoms with Gasteiger partial charge in [-0.25, -0.2) is 4.79 Å². The molecule has 0 bridgehead atoms. The lowest BCUT2D eigenvalue weighted by molar-refractivity contribution is 0.248. The molecule has 8 nitrogen and oxygen atoms in total. The second-order valence-corrected chi connectivity index (χ2v) is 7.55. The number of benzene rings is 1. The van der Waals surface area contributed by atoms with Crippen LogP contribution >= 0.6 is 0 Å². The summed E-state index contributed by atoms with van der Waals surface area (Å²) in [4.78, 5) is 36.0. The van der Waals surface area contributed by atoms with Crippen LogP contribution in [0.25, 0.3) is 11.2 Å². The maximum atomic E-state index is 12.4. The summed E-state index contributed by atoms with van der Waals surface area (Å²) in [5.41, 5.74) is 2.53. The largest absolute Gasteiger partial charge is 0.340 e. The van der Waals surface area contributed by atoms with Gasteiger partial charge in [-0.05, 0) is 12.5 Å². The fraction of sp³-hybridized carbons (Fsp3) is 0.381. The number of nitrogens with zero attached hydrogens (tertiary/aromatic N) is 5. The molecule has 2 aromatic heterocycles. The normalized spacial score (nSPS) is 15.2. The summed E-state index contributed by atoms with van der Waals surface area (Å²) in [6, 6.07) is 8.60. The third-order valence-corrected chi connectivity index (χ3v) is 5.44. The molecule has 4 rings (SSSR count). The molecule has 1 saturated heterocycles. The fourth-order valence-corrected chi connectivity index (χ4v) is 3.94. The molecule has 0 unspecified atom stereocenters. The van der Waals surface area contributed by atoms with Crippen molar-refractivity contribution in [3.8, 4) is 0 Å². The Morgan fingerprint density at radius 3 is 2.66 bits per heavy atom. The zero-order valence-electron chi connectivity index (χ0n) is 16.9. The van der Waals surface area contributed by atoms with E-state index in [1.54, 1.807) is 13.1 Å². The smallest absolute Gasteiger partial charge is 0.329 e. The topological polar surface area (TPSA) is 79.2 Å². The molecule has 3 heterocycles. The molecule has 0 atom stereocenters. The quantitative estimate of drug-likeness (QED) is 0.659. The number of rotatable bonds is 5. The summed E-state index contributed by atoms with van der Waals surface area (Å²) in [7, 11) is 1.62. The highest BCUT2D eigenvalue weighted by molar-refractivity contribution is 5.74. The number of aromatic amines is 1. The van der Waals surface area contributed by atoms with Crippen molar-refractivity contribution in [2.45, 2.75) is 20.0 Å². The van der Waals surface area contributed by atoms with Crippen molar-refractivity contribution in [3.05, 3.63) is 68.9 Å². The van der Waals surface area contributed by atoms with Crippen LogP contribution in [0.4, 0.5) is 5.95 Å². The van der Waals surface area contributed by atoms with E-state index >= 15 is 0 Å². The minimum atomic E-state index is -0.458. The number of nitrogens with one attached hydrogen (secondary N) is 1. The van der Waals surface area contributed by atoms with Gasteiger partial charge in [0.1, 0.15) is 0 Å². The minimum Gasteiger partial charge on any atom is -0.340 e. The van der Waals surface area contributed by atoms with E-state index in [-0.39, 0.29) is 0 Å². The Morgan fingerprint density at radius 2 is 1.97 bits per heavy atom. The summed E-state index contributed by atoms with van der Waals surface area (Å²) in [6.45, 7) is 10.7. The third kappa shape index (κ3) is 3.63. The zero-order valence-corrected chi connectivity index (χ0v) is 16.9. The van der Waals surface area contributed by atoms with E-state index in [1.165, 1.54) is 15.7 Å². The minimum absolute atomic E-state index is 0.401. The highest BCUT2D eigenvalue weighted by Crippen LogP contribution is 2.21. The molecular formula is C21H26N6O2. The van der Waals surface area contributed by atoms with E-state index in [1.807, 2.05) is 4.57 Å². The number of aromatic nitrogens is 4. The number of hydrogen-bond acceptors (Lipinski definition) is 5. The van der Waals surface area contributed by atoms with E-state index in [0.29, 0.717) is 23.7 Å². The van der Waals surface area contributed by atoms with Gasteiger partial charge in [0.15, 0.2) is 11.2 Å². The highest BCUT2D eigenvalue weighted by atomic mass is 16.2. The van der Waals surface area contributed by atoms with Gasteiger partial charge in [0.25, 0.3) is 5.56 Å². The van der Waals surface area contributed by atoms with Gasteiger partial charge in [-0.15, -0.1) is 6.58 Å². The maximum Gasteiger partial charge on any atom is 0.329 e. The van der Waals surface area contributed by atoms with Crippen LogP contribution < -0.4 is 16.1 Å². The number of anilines is 1. The van der Waals surface area contributed by atoms with E-state index in [0.717, 1.165) is 32.7 Å². The Morgan fingerprint density at radius 1 is 1.21 bits per heavy atom. The van der Waals surface area contributed by atoms with Gasteiger partial charge >= 0.3 is 5.69 Å². The molecule has 29 heavy (non-hydrogen) atoms. The van der Waals surface area contributed by atoms with Crippen LogP contribution in [0.15, 0.2) is 46.5 Å². The van der Waals surface area contributed by atoms with Crippen LogP contribution in [0.5, 0.6) is 0 Å². The first-order valence-electron chi connectivity index (χ1n) is 9.81. The van der Waals surface area contributed by atoms with Gasteiger partial charge in [0.2, 0.25) is 5.95 Å². The molecule has 0 amide bonds. The average Bonchev–Trinajstić information content (AvgIpc) is 3.07. The van der Waals surface area contributed by atoms with E-state index < -0.39 is 11.2 Å². The Kier molecular flexibility index (Phi) is 5.10. The van der Waals surface area contributed by atoms with Crippen LogP contribution in [0.2, 0.25) is 0 Å². The first-order valence-corrected chi connectivity index (χ1v) is 9.81. The zero-order chi connectivity index (χ0) is 20.5. The summed E-state index contributed by atoms with van der Waals surface area (Å²) in [6.07, 6.45) is 1.74. The molecule has 0 saturated carbocycles. The number of piperazine rings is 1. The number of imidazole rings is 1. The second kappa shape index (κ2) is 7.71. The summed E-state index contributed by atoms with van der Waals surface area (Å²) < 4.78 is 3.23. The van der Waals surface area contributed by atoms with Crippen LogP contribution in [-0.2, 0) is 20.1 Å². The van der Waals surface area contributed by atoms with Crippen molar-refractivity contribution in [1.82, 2.24) is 24.0 Å². The van der Waals surface area contributed by atoms with Gasteiger partial charge < -0.3 is 9.47 Å². The Balaban J connectivity index is 1.59. The Bertz CT molecular complexity index is 1160. The Hall–Kier alpha value is -3.13. The van der Waals surface area contributed by atoms with Gasteiger partial charge in [0.05, 0.1) is 0 Å². The monoisotopic (exact) mass is 394 g/mol. The van der Waals surface area contributed by atoms with Crippen molar-refractivity contribution in [2.75, 3.05) is 31.1 Å². The number of H-pyrrole nitrogens is 1. The summed E-state index contributed by atoms with van der Waals surface area (Å²) in [5, 5.41) is 0. The molecule has 3 aromatic rings. The molecule has 1 aliphatic rings. The van der Waals surface area contributed by atoms with Crippen molar-refractivity contribution < 1.29 is 0 Å². The summed E-state index contributed by atoms with van der Waals surface area (Å²) in [5.74, 6) is 0.710.